The van der Waals surface area contributed by atoms with E-state index in [4.69, 9.17) is 0 Å². The van der Waals surface area contributed by atoms with Crippen LogP contribution >= 0.6 is 11.8 Å². The highest BCUT2D eigenvalue weighted by atomic mass is 32.2. The molecule has 0 radical (unpaired) electrons. The first kappa shape index (κ1) is 15.1. The van der Waals surface area contributed by atoms with E-state index < -0.39 is 0 Å². The SMILES string of the molecule is CC1CC(=O)NC(SCC(=O)c2cccc3ccccc23)N1. The van der Waals surface area contributed by atoms with Gasteiger partial charge in [0.15, 0.2) is 5.78 Å². The maximum Gasteiger partial charge on any atom is 0.223 e. The second-order valence-corrected chi connectivity index (χ2v) is 6.57. The van der Waals surface area contributed by atoms with Crippen molar-refractivity contribution < 1.29 is 9.59 Å². The summed E-state index contributed by atoms with van der Waals surface area (Å²) in [6.07, 6.45) is 0.480. The zero-order valence-electron chi connectivity index (χ0n) is 12.3. The molecular formula is C17H18N2O2S. The number of thioether (sulfide) groups is 1. The Kier molecular flexibility index (Phi) is 4.45. The molecule has 2 atom stereocenters. The van der Waals surface area contributed by atoms with Crippen molar-refractivity contribution in [2.45, 2.75) is 24.9 Å². The highest BCUT2D eigenvalue weighted by molar-refractivity contribution is 8.00. The van der Waals surface area contributed by atoms with Crippen LogP contribution < -0.4 is 10.6 Å². The van der Waals surface area contributed by atoms with Crippen LogP contribution in [0.15, 0.2) is 42.5 Å². The van der Waals surface area contributed by atoms with Crippen LogP contribution in [-0.4, -0.2) is 29.0 Å². The molecule has 0 saturated carbocycles. The van der Waals surface area contributed by atoms with Crippen LogP contribution in [0, 0.1) is 0 Å². The molecule has 1 saturated heterocycles. The van der Waals surface area contributed by atoms with Crippen LogP contribution in [0.5, 0.6) is 0 Å². The van der Waals surface area contributed by atoms with E-state index in [0.717, 1.165) is 16.3 Å². The molecule has 4 nitrogen and oxygen atoms in total. The molecule has 1 fully saturated rings. The van der Waals surface area contributed by atoms with Crippen molar-refractivity contribution >= 4 is 34.2 Å². The van der Waals surface area contributed by atoms with Crippen molar-refractivity contribution in [2.24, 2.45) is 0 Å². The summed E-state index contributed by atoms with van der Waals surface area (Å²) in [5, 5.41) is 8.16. The molecular weight excluding hydrogens is 296 g/mol. The third-order valence-corrected chi connectivity index (χ3v) is 4.71. The lowest BCUT2D eigenvalue weighted by Crippen LogP contribution is -2.53. The molecule has 0 aliphatic carbocycles. The number of amides is 1. The Morgan fingerprint density at radius 2 is 2.00 bits per heavy atom. The number of benzene rings is 2. The normalized spacial score (nSPS) is 21.6. The maximum absolute atomic E-state index is 12.5. The van der Waals surface area contributed by atoms with E-state index in [1.54, 1.807) is 0 Å². The minimum atomic E-state index is -0.199. The van der Waals surface area contributed by atoms with Gasteiger partial charge in [0, 0.05) is 18.0 Å². The van der Waals surface area contributed by atoms with E-state index in [1.165, 1.54) is 11.8 Å². The number of ketones is 1. The number of nitrogens with one attached hydrogen (secondary N) is 2. The van der Waals surface area contributed by atoms with Gasteiger partial charge in [0.2, 0.25) is 5.91 Å². The van der Waals surface area contributed by atoms with Crippen LogP contribution in [-0.2, 0) is 4.79 Å². The number of hydrogen-bond donors (Lipinski definition) is 2. The maximum atomic E-state index is 12.5. The summed E-state index contributed by atoms with van der Waals surface area (Å²) >= 11 is 1.42. The van der Waals surface area contributed by atoms with Gasteiger partial charge in [-0.15, -0.1) is 11.8 Å². The van der Waals surface area contributed by atoms with E-state index in [2.05, 4.69) is 10.6 Å². The van der Waals surface area contributed by atoms with Crippen molar-refractivity contribution in [2.75, 3.05) is 5.75 Å². The summed E-state index contributed by atoms with van der Waals surface area (Å²) in [6, 6.07) is 13.8. The quantitative estimate of drug-likeness (QED) is 0.852. The van der Waals surface area contributed by atoms with E-state index >= 15 is 0 Å². The fraction of sp³-hybridized carbons (Fsp3) is 0.294. The molecule has 5 heteroatoms. The predicted octanol–water partition coefficient (Wildman–Crippen LogP) is 2.54. The van der Waals surface area contributed by atoms with Crippen molar-refractivity contribution in [1.82, 2.24) is 10.6 Å². The second kappa shape index (κ2) is 6.50. The van der Waals surface area contributed by atoms with Crippen LogP contribution in [0.3, 0.4) is 0 Å². The van der Waals surface area contributed by atoms with Crippen LogP contribution in [0.4, 0.5) is 0 Å². The van der Waals surface area contributed by atoms with Gasteiger partial charge in [-0.05, 0) is 17.7 Å². The minimum absolute atomic E-state index is 0.0290. The van der Waals surface area contributed by atoms with Gasteiger partial charge in [-0.2, -0.15) is 0 Å². The lowest BCUT2D eigenvalue weighted by molar-refractivity contribution is -0.123. The fourth-order valence-corrected chi connectivity index (χ4v) is 3.65. The molecule has 1 aliphatic rings. The van der Waals surface area contributed by atoms with Crippen LogP contribution in [0.1, 0.15) is 23.7 Å². The molecule has 1 amide bonds. The molecule has 0 spiro atoms. The van der Waals surface area contributed by atoms with Gasteiger partial charge in [0.1, 0.15) is 5.50 Å². The first-order valence-electron chi connectivity index (χ1n) is 7.31. The Morgan fingerprint density at radius 1 is 1.23 bits per heavy atom. The Labute approximate surface area is 133 Å². The monoisotopic (exact) mass is 314 g/mol. The number of Topliss-reactive ketones (excluding diaryl/α,β-unsaturated/α-hetero) is 1. The largest absolute Gasteiger partial charge is 0.332 e. The van der Waals surface area contributed by atoms with Gasteiger partial charge >= 0.3 is 0 Å². The molecule has 1 heterocycles. The summed E-state index contributed by atoms with van der Waals surface area (Å²) in [5.41, 5.74) is 0.538. The average Bonchev–Trinajstić information content (AvgIpc) is 2.51. The third-order valence-electron chi connectivity index (χ3n) is 3.69. The molecule has 1 aliphatic heterocycles. The molecule has 2 aromatic carbocycles. The second-order valence-electron chi connectivity index (χ2n) is 5.48. The summed E-state index contributed by atoms with van der Waals surface area (Å²) in [5.74, 6) is 0.441. The van der Waals surface area contributed by atoms with E-state index in [1.807, 2.05) is 49.4 Å². The number of carbonyl (C=O) groups excluding carboxylic acids is 2. The van der Waals surface area contributed by atoms with Crippen molar-refractivity contribution in [3.8, 4) is 0 Å². The zero-order chi connectivity index (χ0) is 15.5. The molecule has 2 N–H and O–H groups in total. The number of hydrogen-bond acceptors (Lipinski definition) is 4. The topological polar surface area (TPSA) is 58.2 Å². The van der Waals surface area contributed by atoms with Crippen molar-refractivity contribution in [1.29, 1.82) is 0 Å². The summed E-state index contributed by atoms with van der Waals surface area (Å²) in [6.45, 7) is 1.97. The van der Waals surface area contributed by atoms with Gasteiger partial charge < -0.3 is 5.32 Å². The first-order chi connectivity index (χ1) is 10.6. The standard InChI is InChI=1S/C17H18N2O2S/c1-11-9-16(21)19-17(18-11)22-10-15(20)14-8-4-6-12-5-2-3-7-13(12)14/h2-8,11,17-18H,9-10H2,1H3,(H,19,21). The van der Waals surface area contributed by atoms with E-state index in [9.17, 15) is 9.59 Å². The Morgan fingerprint density at radius 3 is 2.82 bits per heavy atom. The average molecular weight is 314 g/mol. The van der Waals surface area contributed by atoms with Gasteiger partial charge in [-0.25, -0.2) is 0 Å². The predicted molar refractivity (Wildman–Crippen MR) is 89.9 cm³/mol. The van der Waals surface area contributed by atoms with Crippen LogP contribution in [0.25, 0.3) is 10.8 Å². The lowest BCUT2D eigenvalue weighted by atomic mass is 10.0. The Bertz CT molecular complexity index is 711. The molecule has 0 aromatic heterocycles. The Balaban J connectivity index is 1.70. The highest BCUT2D eigenvalue weighted by Crippen LogP contribution is 2.21. The minimum Gasteiger partial charge on any atom is -0.332 e. The summed E-state index contributed by atoms with van der Waals surface area (Å²) < 4.78 is 0. The molecule has 3 rings (SSSR count). The lowest BCUT2D eigenvalue weighted by Gasteiger charge is -2.28. The van der Waals surface area contributed by atoms with Gasteiger partial charge in [0.25, 0.3) is 0 Å². The highest BCUT2D eigenvalue weighted by Gasteiger charge is 2.23. The third kappa shape index (κ3) is 3.31. The molecule has 2 unspecified atom stereocenters. The summed E-state index contributed by atoms with van der Waals surface area (Å²) in [4.78, 5) is 24.0. The van der Waals surface area contributed by atoms with Gasteiger partial charge in [-0.3, -0.25) is 14.9 Å². The molecule has 22 heavy (non-hydrogen) atoms. The van der Waals surface area contributed by atoms with Crippen molar-refractivity contribution in [3.63, 3.8) is 0 Å². The first-order valence-corrected chi connectivity index (χ1v) is 8.36. The van der Waals surface area contributed by atoms with Crippen molar-refractivity contribution in [3.05, 3.63) is 48.0 Å². The van der Waals surface area contributed by atoms with E-state index in [-0.39, 0.29) is 23.2 Å². The number of fused-ring (bicyclic) bond motifs is 1. The van der Waals surface area contributed by atoms with Gasteiger partial charge in [0.05, 0.1) is 5.75 Å². The number of carbonyl (C=O) groups is 2. The van der Waals surface area contributed by atoms with E-state index in [0.29, 0.717) is 12.2 Å². The molecule has 2 aromatic rings. The summed E-state index contributed by atoms with van der Waals surface area (Å²) in [7, 11) is 0. The smallest absolute Gasteiger partial charge is 0.223 e. The zero-order valence-corrected chi connectivity index (χ0v) is 13.2. The fourth-order valence-electron chi connectivity index (χ4n) is 2.64. The molecule has 114 valence electrons. The number of rotatable bonds is 4. The Hall–Kier alpha value is -1.85. The molecule has 0 bridgehead atoms. The van der Waals surface area contributed by atoms with Gasteiger partial charge in [-0.1, -0.05) is 42.5 Å². The van der Waals surface area contributed by atoms with Crippen LogP contribution in [0.2, 0.25) is 0 Å².